The molecule has 4 rings (SSSR count). The molecule has 0 saturated carbocycles. The standard InChI is InChI=1S/C25H25F2N3O4S/c1-5-35(32,33)29-16-7-9-22(34-23-8-6-15(26)10-20(23)27)17(11-16)19-13-30(4)25(31)24-18(19)12-21(28-24)14(2)3/h6-14,28-29H,5H2,1-4H3. The summed E-state index contributed by atoms with van der Waals surface area (Å²) in [7, 11) is -1.97. The number of ether oxygens (including phenoxy) is 1. The third kappa shape index (κ3) is 4.93. The van der Waals surface area contributed by atoms with Crippen LogP contribution in [0.3, 0.4) is 0 Å². The summed E-state index contributed by atoms with van der Waals surface area (Å²) < 4.78 is 61.9. The van der Waals surface area contributed by atoms with E-state index in [1.807, 2.05) is 19.9 Å². The predicted molar refractivity (Wildman–Crippen MR) is 133 cm³/mol. The van der Waals surface area contributed by atoms with Gasteiger partial charge in [0.15, 0.2) is 11.6 Å². The maximum Gasteiger partial charge on any atom is 0.274 e. The minimum absolute atomic E-state index is 0.117. The summed E-state index contributed by atoms with van der Waals surface area (Å²) >= 11 is 0. The van der Waals surface area contributed by atoms with Gasteiger partial charge in [0.2, 0.25) is 10.0 Å². The largest absolute Gasteiger partial charge is 0.454 e. The quantitative estimate of drug-likeness (QED) is 0.350. The fourth-order valence-electron chi connectivity index (χ4n) is 3.70. The zero-order valence-electron chi connectivity index (χ0n) is 19.6. The molecule has 0 atom stereocenters. The molecule has 10 heteroatoms. The molecule has 0 amide bonds. The second-order valence-electron chi connectivity index (χ2n) is 8.52. The Morgan fingerprint density at radius 3 is 2.43 bits per heavy atom. The highest BCUT2D eigenvalue weighted by Crippen LogP contribution is 2.39. The number of hydrogen-bond donors (Lipinski definition) is 2. The number of nitrogens with one attached hydrogen (secondary N) is 2. The van der Waals surface area contributed by atoms with Crippen molar-refractivity contribution in [3.63, 3.8) is 0 Å². The van der Waals surface area contributed by atoms with Crippen molar-refractivity contribution >= 4 is 26.6 Å². The van der Waals surface area contributed by atoms with Crippen LogP contribution in [0.4, 0.5) is 14.5 Å². The number of H-pyrrole nitrogens is 1. The van der Waals surface area contributed by atoms with Crippen molar-refractivity contribution in [1.82, 2.24) is 9.55 Å². The van der Waals surface area contributed by atoms with Gasteiger partial charge in [-0.05, 0) is 49.2 Å². The Morgan fingerprint density at radius 1 is 1.06 bits per heavy atom. The first-order valence-corrected chi connectivity index (χ1v) is 12.6. The number of sulfonamides is 1. The predicted octanol–water partition coefficient (Wildman–Crippen LogP) is 5.49. The lowest BCUT2D eigenvalue weighted by molar-refractivity contribution is 0.439. The summed E-state index contributed by atoms with van der Waals surface area (Å²) in [5.41, 5.74) is 2.26. The number of anilines is 1. The van der Waals surface area contributed by atoms with E-state index in [0.29, 0.717) is 28.1 Å². The third-order valence-corrected chi connectivity index (χ3v) is 6.95. The Balaban J connectivity index is 1.97. The lowest BCUT2D eigenvalue weighted by Crippen LogP contribution is -2.17. The molecule has 0 aliphatic heterocycles. The van der Waals surface area contributed by atoms with Crippen LogP contribution in [-0.4, -0.2) is 23.7 Å². The van der Waals surface area contributed by atoms with E-state index in [1.54, 1.807) is 19.3 Å². The van der Waals surface area contributed by atoms with Crippen LogP contribution in [-0.2, 0) is 17.1 Å². The SMILES string of the molecule is CCS(=O)(=O)Nc1ccc(Oc2ccc(F)cc2F)c(-c2cn(C)c(=O)c3[nH]c(C(C)C)cc23)c1. The molecule has 0 aliphatic carbocycles. The molecule has 0 radical (unpaired) electrons. The van der Waals surface area contributed by atoms with Gasteiger partial charge in [-0.2, -0.15) is 0 Å². The minimum Gasteiger partial charge on any atom is -0.454 e. The summed E-state index contributed by atoms with van der Waals surface area (Å²) in [5.74, 6) is -1.64. The summed E-state index contributed by atoms with van der Waals surface area (Å²) in [6.45, 7) is 5.49. The Morgan fingerprint density at radius 2 is 1.77 bits per heavy atom. The van der Waals surface area contributed by atoms with Crippen molar-refractivity contribution in [2.75, 3.05) is 10.5 Å². The molecule has 0 fully saturated rings. The molecular formula is C25H25F2N3O4S. The number of aromatic nitrogens is 2. The molecule has 35 heavy (non-hydrogen) atoms. The summed E-state index contributed by atoms with van der Waals surface area (Å²) in [6, 6.07) is 9.37. The van der Waals surface area contributed by atoms with Gasteiger partial charge in [0.05, 0.1) is 5.75 Å². The molecule has 0 saturated heterocycles. The van der Waals surface area contributed by atoms with Crippen LogP contribution in [0.1, 0.15) is 32.4 Å². The number of benzene rings is 2. The van der Waals surface area contributed by atoms with Gasteiger partial charge in [0.1, 0.15) is 17.1 Å². The Bertz CT molecular complexity index is 1590. The van der Waals surface area contributed by atoms with E-state index < -0.39 is 21.7 Å². The van der Waals surface area contributed by atoms with Crippen LogP contribution in [0.2, 0.25) is 0 Å². The van der Waals surface area contributed by atoms with E-state index >= 15 is 0 Å². The van der Waals surface area contributed by atoms with Crippen LogP contribution in [0.25, 0.3) is 22.0 Å². The summed E-state index contributed by atoms with van der Waals surface area (Å²) in [4.78, 5) is 16.0. The minimum atomic E-state index is -3.57. The van der Waals surface area contributed by atoms with Gasteiger partial charge in [0.25, 0.3) is 5.56 Å². The number of pyridine rings is 1. The smallest absolute Gasteiger partial charge is 0.274 e. The lowest BCUT2D eigenvalue weighted by Gasteiger charge is -2.16. The second kappa shape index (κ2) is 9.18. The van der Waals surface area contributed by atoms with Gasteiger partial charge >= 0.3 is 0 Å². The van der Waals surface area contributed by atoms with Gasteiger partial charge in [0, 0.05) is 47.2 Å². The molecule has 0 spiro atoms. The molecule has 2 aromatic carbocycles. The average Bonchev–Trinajstić information content (AvgIpc) is 3.25. The van der Waals surface area contributed by atoms with Crippen molar-refractivity contribution in [3.8, 4) is 22.6 Å². The van der Waals surface area contributed by atoms with Gasteiger partial charge in [-0.25, -0.2) is 17.2 Å². The van der Waals surface area contributed by atoms with Crippen molar-refractivity contribution in [1.29, 1.82) is 0 Å². The summed E-state index contributed by atoms with van der Waals surface area (Å²) in [6.07, 6.45) is 1.62. The topological polar surface area (TPSA) is 93.2 Å². The summed E-state index contributed by atoms with van der Waals surface area (Å²) in [5, 5.41) is 0.608. The third-order valence-electron chi connectivity index (χ3n) is 5.64. The van der Waals surface area contributed by atoms with Crippen LogP contribution < -0.4 is 15.0 Å². The zero-order chi connectivity index (χ0) is 25.5. The molecular weight excluding hydrogens is 476 g/mol. The Kier molecular flexibility index (Phi) is 6.42. The van der Waals surface area contributed by atoms with Gasteiger partial charge in [-0.1, -0.05) is 13.8 Å². The molecule has 7 nitrogen and oxygen atoms in total. The molecule has 2 aromatic heterocycles. The van der Waals surface area contributed by atoms with Crippen LogP contribution in [0.15, 0.2) is 53.5 Å². The fourth-order valence-corrected chi connectivity index (χ4v) is 4.33. The van der Waals surface area contributed by atoms with Crippen LogP contribution in [0.5, 0.6) is 11.5 Å². The number of fused-ring (bicyclic) bond motifs is 1. The van der Waals surface area contributed by atoms with E-state index in [1.165, 1.54) is 29.7 Å². The fraction of sp³-hybridized carbons (Fsp3) is 0.240. The first kappa shape index (κ1) is 24.5. The molecule has 184 valence electrons. The van der Waals surface area contributed by atoms with Crippen molar-refractivity contribution in [2.45, 2.75) is 26.7 Å². The molecule has 2 heterocycles. The van der Waals surface area contributed by atoms with Gasteiger partial charge in [-0.3, -0.25) is 9.52 Å². The first-order chi connectivity index (χ1) is 16.5. The van der Waals surface area contributed by atoms with E-state index in [0.717, 1.165) is 11.8 Å². The van der Waals surface area contributed by atoms with Crippen molar-refractivity contribution < 1.29 is 21.9 Å². The molecule has 0 unspecified atom stereocenters. The monoisotopic (exact) mass is 501 g/mol. The highest BCUT2D eigenvalue weighted by atomic mass is 32.2. The average molecular weight is 502 g/mol. The van der Waals surface area contributed by atoms with E-state index in [2.05, 4.69) is 9.71 Å². The molecule has 4 aromatic rings. The highest BCUT2D eigenvalue weighted by Gasteiger charge is 2.19. The number of rotatable bonds is 7. The first-order valence-electron chi connectivity index (χ1n) is 11.0. The van der Waals surface area contributed by atoms with Gasteiger partial charge < -0.3 is 14.3 Å². The highest BCUT2D eigenvalue weighted by molar-refractivity contribution is 7.92. The van der Waals surface area contributed by atoms with Crippen molar-refractivity contribution in [3.05, 3.63) is 76.3 Å². The Hall–Kier alpha value is -3.66. The maximum atomic E-state index is 14.4. The van der Waals surface area contributed by atoms with E-state index in [-0.39, 0.29) is 34.4 Å². The second-order valence-corrected chi connectivity index (χ2v) is 10.5. The molecule has 2 N–H and O–H groups in total. The zero-order valence-corrected chi connectivity index (χ0v) is 20.5. The number of hydrogen-bond acceptors (Lipinski definition) is 4. The molecule has 0 aliphatic rings. The lowest BCUT2D eigenvalue weighted by atomic mass is 10.0. The van der Waals surface area contributed by atoms with Crippen molar-refractivity contribution in [2.24, 2.45) is 7.05 Å². The van der Waals surface area contributed by atoms with Crippen LogP contribution in [0, 0.1) is 11.6 Å². The Labute approximate surface area is 201 Å². The maximum absolute atomic E-state index is 14.4. The number of halogens is 2. The number of aryl methyl sites for hydroxylation is 1. The van der Waals surface area contributed by atoms with E-state index in [4.69, 9.17) is 4.74 Å². The molecule has 0 bridgehead atoms. The van der Waals surface area contributed by atoms with E-state index in [9.17, 15) is 22.0 Å². The number of nitrogens with zero attached hydrogens (tertiary/aromatic N) is 1. The normalized spacial score (nSPS) is 11.9. The van der Waals surface area contributed by atoms with Gasteiger partial charge in [-0.15, -0.1) is 0 Å². The van der Waals surface area contributed by atoms with Crippen LogP contribution >= 0.6 is 0 Å². The number of aromatic amines is 1.